The van der Waals surface area contributed by atoms with Gasteiger partial charge in [0.2, 0.25) is 0 Å². The summed E-state index contributed by atoms with van der Waals surface area (Å²) in [4.78, 5) is 72.4. The van der Waals surface area contributed by atoms with Crippen molar-refractivity contribution in [3.8, 4) is 11.1 Å². The standard InChI is InChI=1S/C21H14N6O10S/c1-3-22-19(28)18(20(29)23(4-2)21(22)38)15-11-5-9(24(30)31)7-13(26(34)35)16(11)17-12(15)6-10(25(32)33)8-14(17)27(36)37/h5-8H,3-4H2,1-2H3. The maximum absolute atomic E-state index is 13.5. The summed E-state index contributed by atoms with van der Waals surface area (Å²) in [6.45, 7) is 3.08. The lowest BCUT2D eigenvalue weighted by molar-refractivity contribution is -0.395. The molecule has 0 N–H and O–H groups in total. The summed E-state index contributed by atoms with van der Waals surface area (Å²) >= 11 is 5.23. The third-order valence-electron chi connectivity index (χ3n) is 6.07. The van der Waals surface area contributed by atoms with Crippen molar-refractivity contribution >= 4 is 57.5 Å². The van der Waals surface area contributed by atoms with Crippen LogP contribution in [0.15, 0.2) is 29.8 Å². The quantitative estimate of drug-likeness (QED) is 0.145. The van der Waals surface area contributed by atoms with Crippen molar-refractivity contribution in [3.05, 3.63) is 81.4 Å². The number of hydrogen-bond acceptors (Lipinski definition) is 11. The number of non-ortho nitro benzene ring substituents is 2. The van der Waals surface area contributed by atoms with Gasteiger partial charge in [-0.15, -0.1) is 0 Å². The van der Waals surface area contributed by atoms with E-state index in [2.05, 4.69) is 0 Å². The molecule has 1 saturated heterocycles. The molecule has 194 valence electrons. The molecule has 1 fully saturated rings. The Hall–Kier alpha value is -5.19. The third-order valence-corrected chi connectivity index (χ3v) is 6.51. The highest BCUT2D eigenvalue weighted by molar-refractivity contribution is 7.80. The van der Waals surface area contributed by atoms with Gasteiger partial charge < -0.3 is 0 Å². The monoisotopic (exact) mass is 542 g/mol. The van der Waals surface area contributed by atoms with Gasteiger partial charge in [0.1, 0.15) is 5.57 Å². The first kappa shape index (κ1) is 25.9. The smallest absolute Gasteiger partial charge is 0.284 e. The second-order valence-electron chi connectivity index (χ2n) is 7.93. The van der Waals surface area contributed by atoms with Gasteiger partial charge in [-0.2, -0.15) is 0 Å². The average molecular weight is 542 g/mol. The van der Waals surface area contributed by atoms with Crippen LogP contribution in [0.1, 0.15) is 25.0 Å². The lowest BCUT2D eigenvalue weighted by atomic mass is 9.94. The maximum atomic E-state index is 13.5. The molecule has 1 heterocycles. The molecule has 0 spiro atoms. The Morgan fingerprint density at radius 1 is 0.658 bits per heavy atom. The minimum Gasteiger partial charge on any atom is -0.285 e. The van der Waals surface area contributed by atoms with Crippen LogP contribution in [0.3, 0.4) is 0 Å². The highest BCUT2D eigenvalue weighted by Gasteiger charge is 2.47. The highest BCUT2D eigenvalue weighted by atomic mass is 32.1. The van der Waals surface area contributed by atoms with Crippen molar-refractivity contribution in [3.63, 3.8) is 0 Å². The number of nitro groups is 4. The second kappa shape index (κ2) is 9.04. The second-order valence-corrected chi connectivity index (χ2v) is 8.30. The molecule has 1 aliphatic heterocycles. The number of thiocarbonyl (C=S) groups is 1. The molecule has 2 amide bonds. The Bertz CT molecular complexity index is 1470. The largest absolute Gasteiger partial charge is 0.285 e. The van der Waals surface area contributed by atoms with Crippen molar-refractivity contribution < 1.29 is 29.3 Å². The molecule has 16 nitrogen and oxygen atoms in total. The summed E-state index contributed by atoms with van der Waals surface area (Å²) in [5.74, 6) is -1.94. The molecule has 0 saturated carbocycles. The van der Waals surface area contributed by atoms with Gasteiger partial charge in [0, 0.05) is 41.9 Å². The number of benzene rings is 2. The summed E-state index contributed by atoms with van der Waals surface area (Å²) < 4.78 is 0. The fourth-order valence-electron chi connectivity index (χ4n) is 4.51. The minimum atomic E-state index is -1.01. The fraction of sp³-hybridized carbons (Fsp3) is 0.190. The summed E-state index contributed by atoms with van der Waals surface area (Å²) in [5, 5.41) is 47.1. The number of hydrogen-bond donors (Lipinski definition) is 0. The average Bonchev–Trinajstić information content (AvgIpc) is 3.17. The Labute approximate surface area is 216 Å². The van der Waals surface area contributed by atoms with E-state index in [1.807, 2.05) is 0 Å². The molecular formula is C21H14N6O10S. The fourth-order valence-corrected chi connectivity index (χ4v) is 4.93. The Kier molecular flexibility index (Phi) is 6.16. The van der Waals surface area contributed by atoms with Gasteiger partial charge in [-0.3, -0.25) is 59.8 Å². The number of rotatable bonds is 6. The predicted molar refractivity (Wildman–Crippen MR) is 132 cm³/mol. The SMILES string of the molecule is CCN1C(=O)C(=C2c3cc([N+](=O)[O-])cc([N+](=O)[O-])c3-c3c2cc([N+](=O)[O-])cc3[N+](=O)[O-])C(=O)N(CC)C1=S. The van der Waals surface area contributed by atoms with Gasteiger partial charge in [0.25, 0.3) is 34.6 Å². The van der Waals surface area contributed by atoms with E-state index in [1.165, 1.54) is 0 Å². The molecule has 2 aromatic rings. The zero-order chi connectivity index (χ0) is 28.2. The zero-order valence-corrected chi connectivity index (χ0v) is 20.2. The first-order chi connectivity index (χ1) is 17.8. The van der Waals surface area contributed by atoms with Gasteiger partial charge in [0.05, 0.1) is 43.0 Å². The lowest BCUT2D eigenvalue weighted by Crippen LogP contribution is -2.56. The number of nitrogens with zero attached hydrogens (tertiary/aromatic N) is 6. The third kappa shape index (κ3) is 3.63. The molecule has 0 aromatic heterocycles. The van der Waals surface area contributed by atoms with E-state index in [1.54, 1.807) is 13.8 Å². The molecule has 17 heteroatoms. The van der Waals surface area contributed by atoms with Crippen LogP contribution >= 0.6 is 12.2 Å². The number of likely N-dealkylation sites (N-methyl/N-ethyl adjacent to an activating group) is 2. The molecule has 0 bridgehead atoms. The van der Waals surface area contributed by atoms with Crippen molar-refractivity contribution in [1.29, 1.82) is 0 Å². The van der Waals surface area contributed by atoms with Crippen molar-refractivity contribution in [2.75, 3.05) is 13.1 Å². The first-order valence-electron chi connectivity index (χ1n) is 10.7. The van der Waals surface area contributed by atoms with E-state index in [0.29, 0.717) is 12.1 Å². The van der Waals surface area contributed by atoms with Gasteiger partial charge in [-0.05, 0) is 26.1 Å². The molecule has 2 aromatic carbocycles. The summed E-state index contributed by atoms with van der Waals surface area (Å²) in [6, 6.07) is 2.83. The van der Waals surface area contributed by atoms with E-state index in [9.17, 15) is 50.0 Å². The van der Waals surface area contributed by atoms with Gasteiger partial charge in [-0.25, -0.2) is 0 Å². The lowest BCUT2D eigenvalue weighted by Gasteiger charge is -2.36. The summed E-state index contributed by atoms with van der Waals surface area (Å²) in [6.07, 6.45) is 0. The van der Waals surface area contributed by atoms with Crippen LogP contribution in [-0.4, -0.2) is 59.5 Å². The number of fused-ring (bicyclic) bond motifs is 3. The van der Waals surface area contributed by atoms with Gasteiger partial charge >= 0.3 is 0 Å². The van der Waals surface area contributed by atoms with Crippen molar-refractivity contribution in [1.82, 2.24) is 9.80 Å². The first-order valence-corrected chi connectivity index (χ1v) is 11.1. The molecule has 1 aliphatic carbocycles. The van der Waals surface area contributed by atoms with Crippen LogP contribution in [0.4, 0.5) is 22.7 Å². The van der Waals surface area contributed by atoms with E-state index < -0.39 is 87.7 Å². The molecular weight excluding hydrogens is 528 g/mol. The van der Waals surface area contributed by atoms with Crippen LogP contribution < -0.4 is 0 Å². The van der Waals surface area contributed by atoms with E-state index in [4.69, 9.17) is 12.2 Å². The van der Waals surface area contributed by atoms with E-state index in [0.717, 1.165) is 21.9 Å². The zero-order valence-electron chi connectivity index (χ0n) is 19.4. The Morgan fingerprint density at radius 3 is 1.32 bits per heavy atom. The summed E-state index contributed by atoms with van der Waals surface area (Å²) in [5.41, 5.74) is -6.31. The topological polar surface area (TPSA) is 213 Å². The maximum Gasteiger partial charge on any atom is 0.284 e. The van der Waals surface area contributed by atoms with Crippen LogP contribution in [-0.2, 0) is 9.59 Å². The van der Waals surface area contributed by atoms with Crippen LogP contribution in [0, 0.1) is 40.5 Å². The number of carbonyl (C=O) groups excluding carboxylic acids is 2. The molecule has 38 heavy (non-hydrogen) atoms. The van der Waals surface area contributed by atoms with Gasteiger partial charge in [-0.1, -0.05) is 0 Å². The number of nitro benzene ring substituents is 4. The normalized spacial score (nSPS) is 14.5. The van der Waals surface area contributed by atoms with E-state index >= 15 is 0 Å². The molecule has 4 rings (SSSR count). The minimum absolute atomic E-state index is 0.0118. The summed E-state index contributed by atoms with van der Waals surface area (Å²) in [7, 11) is 0. The molecule has 0 atom stereocenters. The molecule has 2 aliphatic rings. The Morgan fingerprint density at radius 2 is 1.03 bits per heavy atom. The van der Waals surface area contributed by atoms with Crippen molar-refractivity contribution in [2.45, 2.75) is 13.8 Å². The number of carbonyl (C=O) groups is 2. The molecule has 0 radical (unpaired) electrons. The predicted octanol–water partition coefficient (Wildman–Crippen LogP) is 3.10. The number of amides is 2. The van der Waals surface area contributed by atoms with Crippen LogP contribution in [0.2, 0.25) is 0 Å². The van der Waals surface area contributed by atoms with Crippen molar-refractivity contribution in [2.24, 2.45) is 0 Å². The molecule has 0 unspecified atom stereocenters. The Balaban J connectivity index is 2.30. The van der Waals surface area contributed by atoms with Crippen LogP contribution in [0.5, 0.6) is 0 Å². The highest BCUT2D eigenvalue weighted by Crippen LogP contribution is 2.55. The van der Waals surface area contributed by atoms with Crippen LogP contribution in [0.25, 0.3) is 16.7 Å². The van der Waals surface area contributed by atoms with Gasteiger partial charge in [0.15, 0.2) is 5.11 Å². The van der Waals surface area contributed by atoms with E-state index in [-0.39, 0.29) is 18.2 Å².